The van der Waals surface area contributed by atoms with E-state index in [-0.39, 0.29) is 11.1 Å². The molecule has 2 aromatic rings. The van der Waals surface area contributed by atoms with Gasteiger partial charge in [0.1, 0.15) is 24.3 Å². The van der Waals surface area contributed by atoms with Gasteiger partial charge in [-0.3, -0.25) is 9.36 Å². The van der Waals surface area contributed by atoms with E-state index in [9.17, 15) is 15.0 Å². The van der Waals surface area contributed by atoms with Gasteiger partial charge in [0.15, 0.2) is 11.2 Å². The molecule has 18 heavy (non-hydrogen) atoms. The summed E-state index contributed by atoms with van der Waals surface area (Å²) in [6.45, 7) is 0. The van der Waals surface area contributed by atoms with Gasteiger partial charge in [-0.15, -0.1) is 0 Å². The standard InChI is InChI=1S/C10H10N4O4/c15-3-1-4-14-8-5(10(17)12-2-11-8)13-9(14)6(16)7(3)18-4/h2-4,6-7,15-16H,1H2,(H,11,12,17)/t3-,4+,6+,7-/m0/s1. The lowest BCUT2D eigenvalue weighted by atomic mass is 10.1. The van der Waals surface area contributed by atoms with Crippen molar-refractivity contribution in [3.63, 3.8) is 0 Å². The van der Waals surface area contributed by atoms with E-state index in [1.165, 1.54) is 6.33 Å². The summed E-state index contributed by atoms with van der Waals surface area (Å²) in [5.74, 6) is 0.326. The zero-order chi connectivity index (χ0) is 12.4. The van der Waals surface area contributed by atoms with Crippen molar-refractivity contribution in [3.05, 3.63) is 22.5 Å². The molecular weight excluding hydrogens is 240 g/mol. The molecule has 2 aliphatic rings. The smallest absolute Gasteiger partial charge is 0.278 e. The van der Waals surface area contributed by atoms with Gasteiger partial charge in [0.25, 0.3) is 5.56 Å². The number of nitrogens with one attached hydrogen (secondary N) is 1. The van der Waals surface area contributed by atoms with Crippen LogP contribution >= 0.6 is 0 Å². The van der Waals surface area contributed by atoms with Crippen molar-refractivity contribution in [2.24, 2.45) is 0 Å². The maximum Gasteiger partial charge on any atom is 0.278 e. The molecule has 4 atom stereocenters. The number of rotatable bonds is 0. The minimum atomic E-state index is -1.05. The number of aliphatic hydroxyl groups excluding tert-OH is 2. The average molecular weight is 250 g/mol. The predicted octanol–water partition coefficient (Wildman–Crippen LogP) is -1.19. The molecular formula is C10H10N4O4. The summed E-state index contributed by atoms with van der Waals surface area (Å²) in [7, 11) is 0. The van der Waals surface area contributed by atoms with Gasteiger partial charge in [-0.25, -0.2) is 9.97 Å². The van der Waals surface area contributed by atoms with Gasteiger partial charge in [-0.2, -0.15) is 0 Å². The Labute approximate surface area is 99.9 Å². The minimum absolute atomic E-state index is 0.178. The Hall–Kier alpha value is -1.77. The average Bonchev–Trinajstić information content (AvgIpc) is 2.88. The molecule has 3 N–H and O–H groups in total. The molecule has 0 unspecified atom stereocenters. The fourth-order valence-corrected chi connectivity index (χ4v) is 2.70. The van der Waals surface area contributed by atoms with Crippen LogP contribution in [0.25, 0.3) is 11.2 Å². The Kier molecular flexibility index (Phi) is 1.79. The molecule has 2 bridgehead atoms. The van der Waals surface area contributed by atoms with Crippen molar-refractivity contribution in [2.45, 2.75) is 31.0 Å². The fourth-order valence-electron chi connectivity index (χ4n) is 2.70. The molecule has 0 aromatic carbocycles. The number of imidazole rings is 1. The van der Waals surface area contributed by atoms with Crippen LogP contribution < -0.4 is 5.56 Å². The van der Waals surface area contributed by atoms with E-state index in [4.69, 9.17) is 4.74 Å². The van der Waals surface area contributed by atoms with E-state index in [2.05, 4.69) is 15.0 Å². The lowest BCUT2D eigenvalue weighted by Gasteiger charge is -2.27. The normalized spacial score (nSPS) is 33.9. The number of aromatic nitrogens is 4. The van der Waals surface area contributed by atoms with Gasteiger partial charge in [0.2, 0.25) is 0 Å². The number of nitrogens with zero attached hydrogens (tertiary/aromatic N) is 3. The van der Waals surface area contributed by atoms with Crippen LogP contribution in [0.5, 0.6) is 0 Å². The van der Waals surface area contributed by atoms with Crippen LogP contribution in [-0.4, -0.2) is 41.9 Å². The molecule has 0 radical (unpaired) electrons. The third kappa shape index (κ3) is 1.07. The molecule has 2 aliphatic heterocycles. The van der Waals surface area contributed by atoms with Crippen molar-refractivity contribution in [1.82, 2.24) is 19.5 Å². The SMILES string of the molecule is O=c1[nH]cnc2c1nc1n2[C@H]2C[C@H](O)[C@H](O2)[C@H]1O. The molecule has 8 heteroatoms. The van der Waals surface area contributed by atoms with Crippen LogP contribution in [0.1, 0.15) is 24.6 Å². The minimum Gasteiger partial charge on any atom is -0.390 e. The second-order valence-electron chi connectivity index (χ2n) is 4.55. The van der Waals surface area contributed by atoms with Gasteiger partial charge >= 0.3 is 0 Å². The van der Waals surface area contributed by atoms with Crippen molar-refractivity contribution in [3.8, 4) is 0 Å². The molecule has 1 fully saturated rings. The Balaban J connectivity index is 2.06. The molecule has 0 amide bonds. The van der Waals surface area contributed by atoms with Crippen LogP contribution in [0.3, 0.4) is 0 Å². The third-order valence-corrected chi connectivity index (χ3v) is 3.51. The second kappa shape index (κ2) is 3.16. The first kappa shape index (κ1) is 10.2. The van der Waals surface area contributed by atoms with Crippen LogP contribution in [0.2, 0.25) is 0 Å². The number of hydrogen-bond acceptors (Lipinski definition) is 6. The van der Waals surface area contributed by atoms with Gasteiger partial charge in [-0.1, -0.05) is 0 Å². The Morgan fingerprint density at radius 2 is 2.33 bits per heavy atom. The highest BCUT2D eigenvalue weighted by atomic mass is 16.5. The second-order valence-corrected chi connectivity index (χ2v) is 4.55. The largest absolute Gasteiger partial charge is 0.390 e. The monoisotopic (exact) mass is 250 g/mol. The molecule has 94 valence electrons. The highest BCUT2D eigenvalue weighted by Crippen LogP contribution is 2.42. The first-order valence-corrected chi connectivity index (χ1v) is 5.64. The van der Waals surface area contributed by atoms with E-state index in [0.717, 1.165) is 0 Å². The number of hydrogen-bond donors (Lipinski definition) is 3. The number of aromatic amines is 1. The maximum atomic E-state index is 11.6. The quantitative estimate of drug-likeness (QED) is 0.542. The molecule has 8 nitrogen and oxygen atoms in total. The van der Waals surface area contributed by atoms with E-state index in [0.29, 0.717) is 17.9 Å². The van der Waals surface area contributed by atoms with E-state index in [1.807, 2.05) is 0 Å². The van der Waals surface area contributed by atoms with Crippen LogP contribution in [-0.2, 0) is 4.74 Å². The number of aliphatic hydroxyl groups is 2. The summed E-state index contributed by atoms with van der Waals surface area (Å²) >= 11 is 0. The first-order chi connectivity index (χ1) is 8.66. The van der Waals surface area contributed by atoms with Crippen LogP contribution in [0.4, 0.5) is 0 Å². The van der Waals surface area contributed by atoms with Gasteiger partial charge in [0.05, 0.1) is 12.4 Å². The van der Waals surface area contributed by atoms with Gasteiger partial charge < -0.3 is 19.9 Å². The molecule has 4 heterocycles. The Morgan fingerprint density at radius 1 is 1.50 bits per heavy atom. The summed E-state index contributed by atoms with van der Waals surface area (Å²) in [5, 5.41) is 19.9. The van der Waals surface area contributed by atoms with Crippen molar-refractivity contribution in [1.29, 1.82) is 0 Å². The Morgan fingerprint density at radius 3 is 3.17 bits per heavy atom. The zero-order valence-corrected chi connectivity index (χ0v) is 9.15. The summed E-state index contributed by atoms with van der Waals surface area (Å²) in [6, 6.07) is 0. The fraction of sp³-hybridized carbons (Fsp3) is 0.500. The molecule has 0 saturated carbocycles. The summed E-state index contributed by atoms with van der Waals surface area (Å²) in [5.41, 5.74) is 0.188. The lowest BCUT2D eigenvalue weighted by molar-refractivity contribution is -0.110. The van der Waals surface area contributed by atoms with Gasteiger partial charge in [0, 0.05) is 6.42 Å². The van der Waals surface area contributed by atoms with Gasteiger partial charge in [-0.05, 0) is 0 Å². The topological polar surface area (TPSA) is 113 Å². The first-order valence-electron chi connectivity index (χ1n) is 5.64. The van der Waals surface area contributed by atoms with Crippen molar-refractivity contribution < 1.29 is 14.9 Å². The lowest BCUT2D eigenvalue weighted by Crippen LogP contribution is -2.33. The van der Waals surface area contributed by atoms with Crippen molar-refractivity contribution >= 4 is 11.2 Å². The Bertz CT molecular complexity index is 693. The maximum absolute atomic E-state index is 11.6. The summed E-state index contributed by atoms with van der Waals surface area (Å²) < 4.78 is 7.11. The molecule has 1 saturated heterocycles. The number of ether oxygens (including phenoxy) is 1. The molecule has 4 rings (SSSR count). The van der Waals surface area contributed by atoms with E-state index in [1.54, 1.807) is 4.57 Å². The third-order valence-electron chi connectivity index (χ3n) is 3.51. The summed E-state index contributed by atoms with van der Waals surface area (Å²) in [4.78, 5) is 22.3. The molecule has 2 aromatic heterocycles. The predicted molar refractivity (Wildman–Crippen MR) is 57.6 cm³/mol. The van der Waals surface area contributed by atoms with E-state index >= 15 is 0 Å². The number of fused-ring (bicyclic) bond motifs is 6. The highest BCUT2D eigenvalue weighted by Gasteiger charge is 2.47. The molecule has 0 spiro atoms. The summed E-state index contributed by atoms with van der Waals surface area (Å²) in [6.07, 6.45) is -1.25. The van der Waals surface area contributed by atoms with E-state index < -0.39 is 24.5 Å². The highest BCUT2D eigenvalue weighted by molar-refractivity contribution is 5.70. The number of H-pyrrole nitrogens is 1. The van der Waals surface area contributed by atoms with Crippen molar-refractivity contribution in [2.75, 3.05) is 0 Å². The van der Waals surface area contributed by atoms with Crippen LogP contribution in [0.15, 0.2) is 11.1 Å². The zero-order valence-electron chi connectivity index (χ0n) is 9.15. The van der Waals surface area contributed by atoms with Crippen LogP contribution in [0, 0.1) is 0 Å². The molecule has 0 aliphatic carbocycles.